The van der Waals surface area contributed by atoms with Crippen LogP contribution in [0.15, 0.2) is 30.3 Å². The highest BCUT2D eigenvalue weighted by molar-refractivity contribution is 8.02. The van der Waals surface area contributed by atoms with E-state index in [1.165, 1.54) is 6.42 Å². The number of aliphatic hydroxyl groups is 1. The van der Waals surface area contributed by atoms with Crippen LogP contribution >= 0.6 is 11.8 Å². The molecule has 2 unspecified atom stereocenters. The first-order valence-corrected chi connectivity index (χ1v) is 13.9. The molecular formula is C27H37N3O4S. The van der Waals surface area contributed by atoms with E-state index in [2.05, 4.69) is 17.6 Å². The molecule has 190 valence electrons. The molecule has 35 heavy (non-hydrogen) atoms. The van der Waals surface area contributed by atoms with Gasteiger partial charge in [-0.3, -0.25) is 14.4 Å². The van der Waals surface area contributed by atoms with Crippen LogP contribution < -0.4 is 10.6 Å². The predicted molar refractivity (Wildman–Crippen MR) is 136 cm³/mol. The molecule has 8 heteroatoms. The molecule has 3 aliphatic heterocycles. The van der Waals surface area contributed by atoms with Crippen molar-refractivity contribution >= 4 is 29.5 Å². The first kappa shape index (κ1) is 24.6. The first-order valence-electron chi connectivity index (χ1n) is 13.0. The summed E-state index contributed by atoms with van der Waals surface area (Å²) in [6.07, 6.45) is 7.30. The lowest BCUT2D eigenvalue weighted by molar-refractivity contribution is -0.143. The van der Waals surface area contributed by atoms with Gasteiger partial charge in [-0.25, -0.2) is 0 Å². The highest BCUT2D eigenvalue weighted by atomic mass is 32.2. The van der Waals surface area contributed by atoms with Gasteiger partial charge in [0, 0.05) is 17.8 Å². The van der Waals surface area contributed by atoms with Crippen molar-refractivity contribution in [3.63, 3.8) is 0 Å². The second-order valence-electron chi connectivity index (χ2n) is 11.0. The number of nitrogens with one attached hydrogen (secondary N) is 2. The lowest BCUT2D eigenvalue weighted by atomic mass is 9.66. The van der Waals surface area contributed by atoms with Gasteiger partial charge in [0.15, 0.2) is 0 Å². The molecule has 1 aliphatic carbocycles. The van der Waals surface area contributed by atoms with E-state index in [1.54, 1.807) is 23.7 Å². The zero-order chi connectivity index (χ0) is 24.8. The first-order chi connectivity index (χ1) is 16.8. The molecule has 0 aromatic heterocycles. The number of hydrogen-bond donors (Lipinski definition) is 3. The topological polar surface area (TPSA) is 98.7 Å². The Morgan fingerprint density at radius 2 is 1.86 bits per heavy atom. The average Bonchev–Trinajstić information content (AvgIpc) is 3.44. The van der Waals surface area contributed by atoms with Gasteiger partial charge in [-0.15, -0.1) is 11.8 Å². The Morgan fingerprint density at radius 1 is 1.14 bits per heavy atom. The quantitative estimate of drug-likeness (QED) is 0.535. The maximum atomic E-state index is 14.2. The summed E-state index contributed by atoms with van der Waals surface area (Å²) < 4.78 is -1.02. The smallest absolute Gasteiger partial charge is 0.244 e. The number of carbonyl (C=O) groups excluding carboxylic acids is 3. The van der Waals surface area contributed by atoms with Crippen molar-refractivity contribution < 1.29 is 19.5 Å². The largest absolute Gasteiger partial charge is 0.394 e. The molecule has 3 heterocycles. The molecular weight excluding hydrogens is 462 g/mol. The van der Waals surface area contributed by atoms with Crippen LogP contribution in [0.25, 0.3) is 0 Å². The van der Waals surface area contributed by atoms with Gasteiger partial charge in [-0.1, -0.05) is 49.6 Å². The van der Waals surface area contributed by atoms with E-state index in [9.17, 15) is 19.5 Å². The van der Waals surface area contributed by atoms with Crippen LogP contribution in [0.5, 0.6) is 0 Å². The Morgan fingerprint density at radius 3 is 2.51 bits per heavy atom. The fraction of sp³-hybridized carbons (Fsp3) is 0.667. The van der Waals surface area contributed by atoms with Crippen LogP contribution in [0.2, 0.25) is 0 Å². The van der Waals surface area contributed by atoms with E-state index >= 15 is 0 Å². The van der Waals surface area contributed by atoms with Crippen LogP contribution in [-0.2, 0) is 20.8 Å². The lowest BCUT2D eigenvalue weighted by Gasteiger charge is -2.38. The number of rotatable bonds is 7. The molecule has 1 aromatic rings. The monoisotopic (exact) mass is 499 g/mol. The molecule has 1 spiro atoms. The van der Waals surface area contributed by atoms with Crippen molar-refractivity contribution in [3.05, 3.63) is 35.9 Å². The van der Waals surface area contributed by atoms with Gasteiger partial charge in [0.1, 0.15) is 6.04 Å². The minimum atomic E-state index is -0.690. The van der Waals surface area contributed by atoms with Gasteiger partial charge in [0.2, 0.25) is 17.7 Å². The third-order valence-electron chi connectivity index (χ3n) is 8.86. The molecule has 6 atom stereocenters. The molecule has 3 amide bonds. The number of amides is 3. The van der Waals surface area contributed by atoms with Crippen molar-refractivity contribution in [2.75, 3.05) is 13.7 Å². The second kappa shape index (κ2) is 9.43. The predicted octanol–water partition coefficient (Wildman–Crippen LogP) is 2.27. The molecule has 1 saturated carbocycles. The fourth-order valence-electron chi connectivity index (χ4n) is 7.28. The van der Waals surface area contributed by atoms with Crippen molar-refractivity contribution in [3.8, 4) is 0 Å². The minimum absolute atomic E-state index is 0.117. The van der Waals surface area contributed by atoms with E-state index in [4.69, 9.17) is 0 Å². The summed E-state index contributed by atoms with van der Waals surface area (Å²) in [5.41, 5.74) is 1.01. The van der Waals surface area contributed by atoms with E-state index in [-0.39, 0.29) is 35.1 Å². The van der Waals surface area contributed by atoms with Crippen LogP contribution in [0.4, 0.5) is 0 Å². The van der Waals surface area contributed by atoms with Crippen LogP contribution in [-0.4, -0.2) is 69.0 Å². The van der Waals surface area contributed by atoms with Crippen LogP contribution in [0, 0.1) is 11.8 Å². The Labute approximate surface area is 211 Å². The molecule has 5 rings (SSSR count). The Hall–Kier alpha value is -2.06. The second-order valence-corrected chi connectivity index (χ2v) is 12.9. The normalized spacial score (nSPS) is 35.1. The SMILES string of the molecule is CNC(=O)[C@H]1[C@H]2C(=O)N([C@@H](CO)Cc3ccccc3)C(C(=O)NC3CCCCC3)C23CC[C@]1(C)S3. The van der Waals surface area contributed by atoms with Gasteiger partial charge in [0.05, 0.1) is 29.2 Å². The van der Waals surface area contributed by atoms with Crippen molar-refractivity contribution in [2.45, 2.75) is 85.9 Å². The molecule has 4 aliphatic rings. The fourth-order valence-corrected chi connectivity index (χ4v) is 9.62. The summed E-state index contributed by atoms with van der Waals surface area (Å²) in [6.45, 7) is 1.84. The summed E-state index contributed by atoms with van der Waals surface area (Å²) in [4.78, 5) is 43.0. The third kappa shape index (κ3) is 3.97. The van der Waals surface area contributed by atoms with Gasteiger partial charge >= 0.3 is 0 Å². The highest BCUT2D eigenvalue weighted by Crippen LogP contribution is 2.71. The Kier molecular flexibility index (Phi) is 6.64. The summed E-state index contributed by atoms with van der Waals surface area (Å²) in [6, 6.07) is 8.69. The zero-order valence-electron chi connectivity index (χ0n) is 20.7. The summed E-state index contributed by atoms with van der Waals surface area (Å²) in [5.74, 6) is -1.44. The van der Waals surface area contributed by atoms with Crippen LogP contribution in [0.1, 0.15) is 57.4 Å². The number of nitrogens with zero attached hydrogens (tertiary/aromatic N) is 1. The standard InChI is InChI=1S/C27H37N3O4S/c1-26-13-14-27(35-26)21(20(26)23(32)28-2)25(34)30(19(16-31)15-17-9-5-3-6-10-17)22(27)24(33)29-18-11-7-4-8-12-18/h3,5-6,9-10,18-22,31H,4,7-8,11-16H2,1-2H3,(H,28,32)(H,29,33)/t19-,20-,21+,22?,26+,27?/m1/s1. The van der Waals surface area contributed by atoms with Gasteiger partial charge < -0.3 is 20.6 Å². The Balaban J connectivity index is 1.53. The molecule has 1 aromatic carbocycles. The number of aliphatic hydroxyl groups excluding tert-OH is 1. The van der Waals surface area contributed by atoms with E-state index in [0.717, 1.165) is 44.1 Å². The third-order valence-corrected chi connectivity index (χ3v) is 10.8. The summed E-state index contributed by atoms with van der Waals surface area (Å²) >= 11 is 1.68. The number of likely N-dealkylation sites (tertiary alicyclic amines) is 1. The highest BCUT2D eigenvalue weighted by Gasteiger charge is 2.77. The maximum absolute atomic E-state index is 14.2. The molecule has 3 N–H and O–H groups in total. The number of thioether (sulfide) groups is 1. The molecule has 4 fully saturated rings. The number of carbonyl (C=O) groups is 3. The summed E-state index contributed by atoms with van der Waals surface area (Å²) in [5, 5.41) is 16.5. The zero-order valence-corrected chi connectivity index (χ0v) is 21.5. The number of benzene rings is 1. The lowest BCUT2D eigenvalue weighted by Crippen LogP contribution is -2.58. The number of hydrogen-bond acceptors (Lipinski definition) is 5. The van der Waals surface area contributed by atoms with E-state index in [0.29, 0.717) is 6.42 Å². The summed E-state index contributed by atoms with van der Waals surface area (Å²) in [7, 11) is 1.62. The Bertz CT molecular complexity index is 984. The van der Waals surface area contributed by atoms with Gasteiger partial charge in [0.25, 0.3) is 0 Å². The molecule has 3 saturated heterocycles. The average molecular weight is 500 g/mol. The van der Waals surface area contributed by atoms with Crippen LogP contribution in [0.3, 0.4) is 0 Å². The number of fused-ring (bicyclic) bond motifs is 1. The maximum Gasteiger partial charge on any atom is 0.244 e. The van der Waals surface area contributed by atoms with E-state index < -0.39 is 28.7 Å². The van der Waals surface area contributed by atoms with Gasteiger partial charge in [-0.05, 0) is 44.6 Å². The molecule has 2 bridgehead atoms. The van der Waals surface area contributed by atoms with E-state index in [1.807, 2.05) is 30.3 Å². The van der Waals surface area contributed by atoms with Crippen molar-refractivity contribution in [1.82, 2.24) is 15.5 Å². The minimum Gasteiger partial charge on any atom is -0.394 e. The van der Waals surface area contributed by atoms with Crippen molar-refractivity contribution in [2.24, 2.45) is 11.8 Å². The molecule has 0 radical (unpaired) electrons. The molecule has 7 nitrogen and oxygen atoms in total. The van der Waals surface area contributed by atoms with Gasteiger partial charge in [-0.2, -0.15) is 0 Å². The van der Waals surface area contributed by atoms with Crippen molar-refractivity contribution in [1.29, 1.82) is 0 Å².